The number of nitrogens with zero attached hydrogens (tertiary/aromatic N) is 1. The van der Waals surface area contributed by atoms with Gasteiger partial charge in [0.15, 0.2) is 0 Å². The second kappa shape index (κ2) is 7.53. The first kappa shape index (κ1) is 16.7. The molecule has 122 valence electrons. The minimum Gasteiger partial charge on any atom is -0.480 e. The maximum atomic E-state index is 12.4. The van der Waals surface area contributed by atoms with Gasteiger partial charge in [0.25, 0.3) is 10.2 Å². The van der Waals surface area contributed by atoms with E-state index in [9.17, 15) is 18.3 Å². The molecule has 0 saturated carbocycles. The monoisotopic (exact) mass is 320 g/mol. The maximum Gasteiger partial charge on any atom is 0.322 e. The van der Waals surface area contributed by atoms with Gasteiger partial charge in [-0.05, 0) is 31.6 Å². The highest BCUT2D eigenvalue weighted by Crippen LogP contribution is 2.21. The van der Waals surface area contributed by atoms with E-state index in [1.165, 1.54) is 4.31 Å². The fraction of sp³-hybridized carbons (Fsp3) is 0.923. The third kappa shape index (κ3) is 4.64. The molecule has 7 nitrogen and oxygen atoms in total. The number of hydrogen-bond donors (Lipinski definition) is 2. The highest BCUT2D eigenvalue weighted by Gasteiger charge is 2.35. The molecule has 0 aromatic heterocycles. The molecule has 0 radical (unpaired) electrons. The van der Waals surface area contributed by atoms with E-state index in [-0.39, 0.29) is 5.92 Å². The highest BCUT2D eigenvalue weighted by atomic mass is 32.2. The molecule has 0 spiro atoms. The van der Waals surface area contributed by atoms with Crippen molar-refractivity contribution < 1.29 is 23.1 Å². The van der Waals surface area contributed by atoms with Crippen LogP contribution >= 0.6 is 0 Å². The third-order valence-electron chi connectivity index (χ3n) is 4.18. The fourth-order valence-electron chi connectivity index (χ4n) is 2.91. The summed E-state index contributed by atoms with van der Waals surface area (Å²) in [6, 6.07) is -1.07. The molecule has 8 heteroatoms. The van der Waals surface area contributed by atoms with Crippen LogP contribution in [0.3, 0.4) is 0 Å². The molecule has 2 fully saturated rings. The normalized spacial score (nSPS) is 24.4. The molecular weight excluding hydrogens is 296 g/mol. The molecule has 0 aromatic rings. The Bertz CT molecular complexity index is 439. The molecular formula is C13H24N2O5S. The molecule has 2 aliphatic heterocycles. The molecule has 0 amide bonds. The summed E-state index contributed by atoms with van der Waals surface area (Å²) in [6.07, 6.45) is 4.84. The Morgan fingerprint density at radius 1 is 1.14 bits per heavy atom. The average Bonchev–Trinajstić information content (AvgIpc) is 2.75. The summed E-state index contributed by atoms with van der Waals surface area (Å²) in [5.41, 5.74) is 0. The zero-order valence-electron chi connectivity index (χ0n) is 12.2. The Balaban J connectivity index is 2.05. The molecule has 0 bridgehead atoms. The van der Waals surface area contributed by atoms with Gasteiger partial charge in [0.2, 0.25) is 0 Å². The number of rotatable bonds is 5. The summed E-state index contributed by atoms with van der Waals surface area (Å²) in [5.74, 6) is -1.32. The Hall–Kier alpha value is -0.700. The van der Waals surface area contributed by atoms with Crippen LogP contribution < -0.4 is 4.72 Å². The average molecular weight is 320 g/mol. The minimum absolute atomic E-state index is 0.210. The van der Waals surface area contributed by atoms with E-state index in [1.807, 2.05) is 0 Å². The number of ether oxygens (including phenoxy) is 1. The first-order valence-electron chi connectivity index (χ1n) is 7.58. The predicted octanol–water partition coefficient (Wildman–Crippen LogP) is 0.577. The van der Waals surface area contributed by atoms with Gasteiger partial charge in [-0.25, -0.2) is 0 Å². The van der Waals surface area contributed by atoms with Crippen LogP contribution in [-0.4, -0.2) is 56.1 Å². The summed E-state index contributed by atoms with van der Waals surface area (Å²) >= 11 is 0. The van der Waals surface area contributed by atoms with Crippen molar-refractivity contribution >= 4 is 16.2 Å². The van der Waals surface area contributed by atoms with Gasteiger partial charge >= 0.3 is 5.97 Å². The summed E-state index contributed by atoms with van der Waals surface area (Å²) in [4.78, 5) is 11.4. The largest absolute Gasteiger partial charge is 0.480 e. The Morgan fingerprint density at radius 3 is 2.24 bits per heavy atom. The number of carbonyl (C=O) groups is 1. The van der Waals surface area contributed by atoms with Crippen LogP contribution in [0, 0.1) is 5.92 Å². The van der Waals surface area contributed by atoms with Crippen molar-refractivity contribution in [3.8, 4) is 0 Å². The highest BCUT2D eigenvalue weighted by molar-refractivity contribution is 7.87. The maximum absolute atomic E-state index is 12.4. The van der Waals surface area contributed by atoms with Crippen molar-refractivity contribution in [2.75, 3.05) is 26.3 Å². The Labute approximate surface area is 125 Å². The zero-order valence-corrected chi connectivity index (χ0v) is 13.0. The SMILES string of the molecule is O=C(O)C(NS(=O)(=O)N1CCCCCC1)C1CCOCC1. The lowest BCUT2D eigenvalue weighted by Gasteiger charge is -2.30. The van der Waals surface area contributed by atoms with Crippen molar-refractivity contribution in [1.82, 2.24) is 9.03 Å². The third-order valence-corrected chi connectivity index (χ3v) is 5.78. The van der Waals surface area contributed by atoms with Gasteiger partial charge in [0.1, 0.15) is 6.04 Å². The van der Waals surface area contributed by atoms with Gasteiger partial charge < -0.3 is 9.84 Å². The number of carboxylic acid groups (broad SMARTS) is 1. The second-order valence-electron chi connectivity index (χ2n) is 5.70. The smallest absolute Gasteiger partial charge is 0.322 e. The van der Waals surface area contributed by atoms with Crippen molar-refractivity contribution in [3.05, 3.63) is 0 Å². The van der Waals surface area contributed by atoms with Gasteiger partial charge in [-0.1, -0.05) is 12.8 Å². The second-order valence-corrected chi connectivity index (χ2v) is 7.40. The van der Waals surface area contributed by atoms with Crippen LogP contribution in [0.15, 0.2) is 0 Å². The molecule has 1 unspecified atom stereocenters. The van der Waals surface area contributed by atoms with Crippen LogP contribution in [0.4, 0.5) is 0 Å². The minimum atomic E-state index is -3.74. The lowest BCUT2D eigenvalue weighted by Crippen LogP contribution is -2.52. The van der Waals surface area contributed by atoms with Crippen LogP contribution in [0.5, 0.6) is 0 Å². The molecule has 1 atom stereocenters. The molecule has 0 aromatic carbocycles. The van der Waals surface area contributed by atoms with Crippen LogP contribution in [0.25, 0.3) is 0 Å². The number of nitrogens with one attached hydrogen (secondary N) is 1. The standard InChI is InChI=1S/C13H24N2O5S/c16-13(17)12(11-5-9-20-10-6-11)14-21(18,19)15-7-3-1-2-4-8-15/h11-12,14H,1-10H2,(H,16,17). The molecule has 2 saturated heterocycles. The molecule has 2 N–H and O–H groups in total. The molecule has 2 aliphatic rings. The van der Waals surface area contributed by atoms with E-state index in [0.29, 0.717) is 39.1 Å². The van der Waals surface area contributed by atoms with E-state index in [0.717, 1.165) is 25.7 Å². The number of aliphatic carboxylic acids is 1. The first-order chi connectivity index (χ1) is 10.0. The van der Waals surface area contributed by atoms with E-state index >= 15 is 0 Å². The number of carboxylic acids is 1. The molecule has 2 heterocycles. The van der Waals surface area contributed by atoms with E-state index in [4.69, 9.17) is 4.74 Å². The van der Waals surface area contributed by atoms with Crippen molar-refractivity contribution in [1.29, 1.82) is 0 Å². The van der Waals surface area contributed by atoms with E-state index in [1.54, 1.807) is 0 Å². The van der Waals surface area contributed by atoms with Crippen molar-refractivity contribution in [2.24, 2.45) is 5.92 Å². The lowest BCUT2D eigenvalue weighted by atomic mass is 9.92. The summed E-state index contributed by atoms with van der Waals surface area (Å²) < 4.78 is 33.8. The van der Waals surface area contributed by atoms with Crippen LogP contribution in [0.1, 0.15) is 38.5 Å². The zero-order chi connectivity index (χ0) is 15.3. The Kier molecular flexibility index (Phi) is 5.98. The first-order valence-corrected chi connectivity index (χ1v) is 9.02. The van der Waals surface area contributed by atoms with Gasteiger partial charge in [-0.15, -0.1) is 0 Å². The topological polar surface area (TPSA) is 95.9 Å². The molecule has 21 heavy (non-hydrogen) atoms. The van der Waals surface area contributed by atoms with E-state index in [2.05, 4.69) is 4.72 Å². The van der Waals surface area contributed by atoms with Gasteiger partial charge in [-0.3, -0.25) is 4.79 Å². The lowest BCUT2D eigenvalue weighted by molar-refractivity contribution is -0.141. The van der Waals surface area contributed by atoms with Crippen LogP contribution in [0.2, 0.25) is 0 Å². The molecule has 0 aliphatic carbocycles. The van der Waals surface area contributed by atoms with Crippen LogP contribution in [-0.2, 0) is 19.7 Å². The summed E-state index contributed by atoms with van der Waals surface area (Å²) in [7, 11) is -3.74. The van der Waals surface area contributed by atoms with Gasteiger partial charge in [0.05, 0.1) is 0 Å². The fourth-order valence-corrected chi connectivity index (χ4v) is 4.42. The molecule has 2 rings (SSSR count). The van der Waals surface area contributed by atoms with E-state index < -0.39 is 22.2 Å². The van der Waals surface area contributed by atoms with Crippen molar-refractivity contribution in [3.63, 3.8) is 0 Å². The predicted molar refractivity (Wildman–Crippen MR) is 77.1 cm³/mol. The summed E-state index contributed by atoms with van der Waals surface area (Å²) in [6.45, 7) is 1.91. The van der Waals surface area contributed by atoms with Gasteiger partial charge in [0, 0.05) is 26.3 Å². The van der Waals surface area contributed by atoms with Crippen molar-refractivity contribution in [2.45, 2.75) is 44.6 Å². The number of hydrogen-bond acceptors (Lipinski definition) is 4. The quantitative estimate of drug-likeness (QED) is 0.772. The Morgan fingerprint density at radius 2 is 1.71 bits per heavy atom. The summed E-state index contributed by atoms with van der Waals surface area (Å²) in [5, 5.41) is 9.36. The van der Waals surface area contributed by atoms with Gasteiger partial charge in [-0.2, -0.15) is 17.4 Å².